The summed E-state index contributed by atoms with van der Waals surface area (Å²) in [6.45, 7) is 4.20. The topological polar surface area (TPSA) is 50.7 Å². The van der Waals surface area contributed by atoms with Gasteiger partial charge in [-0.25, -0.2) is 0 Å². The molecule has 1 aromatic rings. The Morgan fingerprint density at radius 3 is 2.57 bits per heavy atom. The zero-order valence-electron chi connectivity index (χ0n) is 13.8. The van der Waals surface area contributed by atoms with E-state index in [1.165, 1.54) is 5.56 Å². The van der Waals surface area contributed by atoms with Crippen molar-refractivity contribution in [2.75, 3.05) is 19.8 Å². The molecule has 23 heavy (non-hydrogen) atoms. The Labute approximate surface area is 138 Å². The van der Waals surface area contributed by atoms with Gasteiger partial charge in [0, 0.05) is 24.9 Å². The first kappa shape index (κ1) is 15.6. The van der Waals surface area contributed by atoms with E-state index < -0.39 is 5.60 Å². The molecule has 1 saturated heterocycles. The zero-order chi connectivity index (χ0) is 15.9. The van der Waals surface area contributed by atoms with Crippen LogP contribution in [0.2, 0.25) is 0 Å². The highest BCUT2D eigenvalue weighted by molar-refractivity contribution is 5.18. The summed E-state index contributed by atoms with van der Waals surface area (Å²) in [7, 11) is 0. The number of aliphatic hydroxyl groups is 1. The molecule has 2 saturated carbocycles. The van der Waals surface area contributed by atoms with Gasteiger partial charge in [-0.15, -0.1) is 0 Å². The predicted octanol–water partition coefficient (Wildman–Crippen LogP) is 2.63. The zero-order valence-corrected chi connectivity index (χ0v) is 13.8. The highest BCUT2D eigenvalue weighted by Crippen LogP contribution is 2.57. The number of rotatable bonds is 4. The predicted molar refractivity (Wildman–Crippen MR) is 87.9 cm³/mol. The lowest BCUT2D eigenvalue weighted by Crippen LogP contribution is -2.45. The lowest BCUT2D eigenvalue weighted by Gasteiger charge is -2.33. The molecule has 2 N–H and O–H groups in total. The highest BCUT2D eigenvalue weighted by atomic mass is 16.7. The van der Waals surface area contributed by atoms with Gasteiger partial charge in [0.15, 0.2) is 5.79 Å². The molecular weight excluding hydrogens is 290 g/mol. The van der Waals surface area contributed by atoms with Crippen molar-refractivity contribution in [2.24, 2.45) is 11.8 Å². The van der Waals surface area contributed by atoms with Gasteiger partial charge in [-0.2, -0.15) is 0 Å². The van der Waals surface area contributed by atoms with E-state index in [-0.39, 0.29) is 17.7 Å². The van der Waals surface area contributed by atoms with E-state index in [9.17, 15) is 5.11 Å². The SMILES string of the molecule is C[C@@H](NC[C@]1(O)CC[C@H]2[C@@H]1CCC21OCCO1)c1ccccc1. The lowest BCUT2D eigenvalue weighted by molar-refractivity contribution is -0.185. The van der Waals surface area contributed by atoms with Crippen LogP contribution in [0.25, 0.3) is 0 Å². The maximum atomic E-state index is 11.2. The molecule has 4 rings (SSSR count). The third-order valence-corrected chi connectivity index (χ3v) is 6.22. The Morgan fingerprint density at radius 1 is 1.13 bits per heavy atom. The summed E-state index contributed by atoms with van der Waals surface area (Å²) in [6.07, 6.45) is 3.77. The molecule has 0 radical (unpaired) electrons. The molecule has 4 heteroatoms. The maximum absolute atomic E-state index is 11.2. The second-order valence-corrected chi connectivity index (χ2v) is 7.42. The van der Waals surface area contributed by atoms with Crippen molar-refractivity contribution in [2.45, 2.75) is 50.0 Å². The first-order valence-corrected chi connectivity index (χ1v) is 8.92. The molecule has 0 unspecified atom stereocenters. The van der Waals surface area contributed by atoms with Gasteiger partial charge in [0.1, 0.15) is 0 Å². The number of hydrogen-bond acceptors (Lipinski definition) is 4. The average Bonchev–Trinajstić information content (AvgIpc) is 3.27. The molecule has 1 aromatic carbocycles. The van der Waals surface area contributed by atoms with Gasteiger partial charge in [-0.3, -0.25) is 0 Å². The highest BCUT2D eigenvalue weighted by Gasteiger charge is 2.61. The Morgan fingerprint density at radius 2 is 1.83 bits per heavy atom. The van der Waals surface area contributed by atoms with Crippen LogP contribution in [-0.4, -0.2) is 36.3 Å². The second kappa shape index (κ2) is 5.85. The van der Waals surface area contributed by atoms with E-state index >= 15 is 0 Å². The molecule has 1 heterocycles. The van der Waals surface area contributed by atoms with E-state index in [0.717, 1.165) is 25.7 Å². The van der Waals surface area contributed by atoms with Crippen molar-refractivity contribution in [3.05, 3.63) is 35.9 Å². The number of hydrogen-bond donors (Lipinski definition) is 2. The molecule has 0 amide bonds. The van der Waals surface area contributed by atoms with Crippen LogP contribution in [0.15, 0.2) is 30.3 Å². The number of fused-ring (bicyclic) bond motifs is 2. The Kier molecular flexibility index (Phi) is 3.96. The molecule has 126 valence electrons. The minimum Gasteiger partial charge on any atom is -0.388 e. The fourth-order valence-corrected chi connectivity index (χ4v) is 4.94. The van der Waals surface area contributed by atoms with E-state index in [1.54, 1.807) is 0 Å². The lowest BCUT2D eigenvalue weighted by atomic mass is 9.86. The van der Waals surface area contributed by atoms with Gasteiger partial charge < -0.3 is 19.9 Å². The quantitative estimate of drug-likeness (QED) is 0.896. The molecule has 0 aromatic heterocycles. The fourth-order valence-electron chi connectivity index (χ4n) is 4.94. The van der Waals surface area contributed by atoms with Crippen LogP contribution in [0.1, 0.15) is 44.2 Å². The summed E-state index contributed by atoms with van der Waals surface area (Å²) in [4.78, 5) is 0. The molecule has 2 aliphatic carbocycles. The van der Waals surface area contributed by atoms with Crippen LogP contribution in [0, 0.1) is 11.8 Å². The summed E-state index contributed by atoms with van der Waals surface area (Å²) in [6, 6.07) is 10.7. The maximum Gasteiger partial charge on any atom is 0.171 e. The summed E-state index contributed by atoms with van der Waals surface area (Å²) in [5.41, 5.74) is 0.628. The smallest absolute Gasteiger partial charge is 0.171 e. The van der Waals surface area contributed by atoms with Crippen molar-refractivity contribution in [1.29, 1.82) is 0 Å². The molecule has 4 atom stereocenters. The van der Waals surface area contributed by atoms with Crippen LogP contribution < -0.4 is 5.32 Å². The van der Waals surface area contributed by atoms with Crippen LogP contribution in [0.4, 0.5) is 0 Å². The Bertz CT molecular complexity index is 543. The third kappa shape index (κ3) is 2.62. The monoisotopic (exact) mass is 317 g/mol. The first-order chi connectivity index (χ1) is 11.1. The van der Waals surface area contributed by atoms with E-state index in [4.69, 9.17) is 9.47 Å². The van der Waals surface area contributed by atoms with E-state index in [2.05, 4.69) is 36.5 Å². The van der Waals surface area contributed by atoms with Gasteiger partial charge in [0.2, 0.25) is 0 Å². The molecule has 0 bridgehead atoms. The van der Waals surface area contributed by atoms with Crippen molar-refractivity contribution in [3.8, 4) is 0 Å². The van der Waals surface area contributed by atoms with Crippen LogP contribution in [0.5, 0.6) is 0 Å². The van der Waals surface area contributed by atoms with Crippen molar-refractivity contribution in [3.63, 3.8) is 0 Å². The number of benzene rings is 1. The molecule has 1 spiro atoms. The second-order valence-electron chi connectivity index (χ2n) is 7.42. The summed E-state index contributed by atoms with van der Waals surface area (Å²) in [5, 5.41) is 14.8. The average molecular weight is 317 g/mol. The Balaban J connectivity index is 1.41. The number of ether oxygens (including phenoxy) is 2. The van der Waals surface area contributed by atoms with Gasteiger partial charge >= 0.3 is 0 Å². The molecule has 3 fully saturated rings. The molecule has 1 aliphatic heterocycles. The van der Waals surface area contributed by atoms with Gasteiger partial charge in [-0.1, -0.05) is 30.3 Å². The summed E-state index contributed by atoms with van der Waals surface area (Å²) in [5.74, 6) is 0.250. The summed E-state index contributed by atoms with van der Waals surface area (Å²) >= 11 is 0. The first-order valence-electron chi connectivity index (χ1n) is 8.92. The molecule has 4 nitrogen and oxygen atoms in total. The fraction of sp³-hybridized carbons (Fsp3) is 0.684. The van der Waals surface area contributed by atoms with Crippen LogP contribution in [0.3, 0.4) is 0 Å². The van der Waals surface area contributed by atoms with Gasteiger partial charge in [0.25, 0.3) is 0 Å². The van der Waals surface area contributed by atoms with E-state index in [1.807, 2.05) is 6.07 Å². The summed E-state index contributed by atoms with van der Waals surface area (Å²) < 4.78 is 11.9. The van der Waals surface area contributed by atoms with Crippen LogP contribution >= 0.6 is 0 Å². The van der Waals surface area contributed by atoms with E-state index in [0.29, 0.717) is 25.7 Å². The van der Waals surface area contributed by atoms with Crippen molar-refractivity contribution in [1.82, 2.24) is 5.32 Å². The van der Waals surface area contributed by atoms with Crippen LogP contribution in [-0.2, 0) is 9.47 Å². The molecule has 3 aliphatic rings. The minimum atomic E-state index is -0.632. The minimum absolute atomic E-state index is 0.244. The third-order valence-electron chi connectivity index (χ3n) is 6.22. The van der Waals surface area contributed by atoms with Crippen molar-refractivity contribution >= 4 is 0 Å². The van der Waals surface area contributed by atoms with Crippen molar-refractivity contribution < 1.29 is 14.6 Å². The Hall–Kier alpha value is -0.940. The van der Waals surface area contributed by atoms with Gasteiger partial charge in [-0.05, 0) is 37.7 Å². The largest absolute Gasteiger partial charge is 0.388 e. The van der Waals surface area contributed by atoms with Gasteiger partial charge in [0.05, 0.1) is 18.8 Å². The number of nitrogens with one attached hydrogen (secondary N) is 1. The normalized spacial score (nSPS) is 36.4. The standard InChI is InChI=1S/C19H27NO3/c1-14(15-5-3-2-4-6-15)20-13-18(21)9-7-17-16(18)8-10-19(17)22-11-12-23-19/h2-6,14,16-17,20-21H,7-13H2,1H3/t14-,16+,17+,18-/m1/s1. The molecular formula is C19H27NO3.